The number of hydrogen-bond donors (Lipinski definition) is 0. The van der Waals surface area contributed by atoms with Gasteiger partial charge in [-0.3, -0.25) is 0 Å². The molecule has 0 aromatic heterocycles. The number of hydrogen-bond acceptors (Lipinski definition) is 0. The molecule has 0 amide bonds. The Kier molecular flexibility index (Phi) is 10.4. The van der Waals surface area contributed by atoms with E-state index in [1.54, 1.807) is 32.6 Å². The van der Waals surface area contributed by atoms with Crippen molar-refractivity contribution in [3.8, 4) is 22.3 Å². The Morgan fingerprint density at radius 2 is 1.13 bits per heavy atom. The molecular weight excluding hydrogens is 828 g/mol. The zero-order chi connectivity index (χ0) is 42.0. The second-order valence-electron chi connectivity index (χ2n) is 19.5. The van der Waals surface area contributed by atoms with Crippen LogP contribution >= 0.6 is 0 Å². The first kappa shape index (κ1) is 40.2. The summed E-state index contributed by atoms with van der Waals surface area (Å²) in [5, 5.41) is 8.45. The van der Waals surface area contributed by atoms with Gasteiger partial charge in [0.25, 0.3) is 0 Å². The Morgan fingerprint density at radius 3 is 1.74 bits per heavy atom. The maximum atomic E-state index is 2.65. The van der Waals surface area contributed by atoms with E-state index >= 15 is 0 Å². The van der Waals surface area contributed by atoms with Gasteiger partial charge in [-0.2, -0.15) is 0 Å². The van der Waals surface area contributed by atoms with Crippen molar-refractivity contribution in [2.45, 2.75) is 81.7 Å². The van der Waals surface area contributed by atoms with Crippen molar-refractivity contribution in [3.63, 3.8) is 0 Å². The topological polar surface area (TPSA) is 0 Å². The minimum atomic E-state index is -1.53. The fraction of sp³-hybridized carbons (Fsp3) is 0.220. The molecule has 2 unspecified atom stereocenters. The van der Waals surface area contributed by atoms with Crippen molar-refractivity contribution in [1.29, 1.82) is 0 Å². The molecule has 0 saturated heterocycles. The molecule has 0 bridgehead atoms. The Morgan fingerprint density at radius 1 is 0.525 bits per heavy atom. The van der Waals surface area contributed by atoms with Crippen LogP contribution in [-0.4, -0.2) is 5.92 Å². The summed E-state index contributed by atoms with van der Waals surface area (Å²) < 4.78 is 0.447. The zero-order valence-electron chi connectivity index (χ0n) is 36.8. The van der Waals surface area contributed by atoms with Crippen LogP contribution in [0.2, 0.25) is 0 Å². The summed E-state index contributed by atoms with van der Waals surface area (Å²) in [5.41, 5.74) is 18.0. The fourth-order valence-electron chi connectivity index (χ4n) is 10.7. The van der Waals surface area contributed by atoms with Crippen molar-refractivity contribution in [2.24, 2.45) is 0 Å². The molecule has 8 aromatic rings. The normalized spacial score (nSPS) is 15.8. The van der Waals surface area contributed by atoms with Gasteiger partial charge < -0.3 is 0 Å². The van der Waals surface area contributed by atoms with Crippen LogP contribution < -0.4 is 10.4 Å². The van der Waals surface area contributed by atoms with Gasteiger partial charge in [0.2, 0.25) is 0 Å². The summed E-state index contributed by atoms with van der Waals surface area (Å²) in [5.74, 6) is -1.33. The second-order valence-corrected chi connectivity index (χ2v) is 30.2. The zero-order valence-corrected chi connectivity index (χ0v) is 40.4. The van der Waals surface area contributed by atoms with Gasteiger partial charge in [-0.1, -0.05) is 0 Å². The van der Waals surface area contributed by atoms with Crippen LogP contribution in [0.25, 0.3) is 49.9 Å². The molecule has 2 heteroatoms. The van der Waals surface area contributed by atoms with E-state index in [-0.39, 0.29) is 16.7 Å². The summed E-state index contributed by atoms with van der Waals surface area (Å²) in [7, 11) is 0. The van der Waals surface area contributed by atoms with Gasteiger partial charge in [0.15, 0.2) is 0 Å². The number of benzene rings is 8. The molecule has 0 radical (unpaired) electrons. The molecular formula is C59H56SiZr. The van der Waals surface area contributed by atoms with Crippen LogP contribution in [-0.2, 0) is 33.2 Å². The third-order valence-electron chi connectivity index (χ3n) is 13.5. The molecule has 0 heterocycles. The number of rotatable bonds is 8. The van der Waals surface area contributed by atoms with Crippen molar-refractivity contribution >= 4 is 43.9 Å². The van der Waals surface area contributed by atoms with Crippen molar-refractivity contribution in [1.82, 2.24) is 0 Å². The van der Waals surface area contributed by atoms with Gasteiger partial charge in [-0.15, -0.1) is 0 Å². The van der Waals surface area contributed by atoms with Gasteiger partial charge >= 0.3 is 379 Å². The second kappa shape index (κ2) is 15.8. The van der Waals surface area contributed by atoms with Gasteiger partial charge in [0.1, 0.15) is 0 Å². The predicted octanol–water partition coefficient (Wildman–Crippen LogP) is 14.3. The van der Waals surface area contributed by atoms with Crippen LogP contribution in [0.15, 0.2) is 169 Å². The summed E-state index contributed by atoms with van der Waals surface area (Å²) in [6.07, 6.45) is 4.84. The molecule has 2 atom stereocenters. The first-order chi connectivity index (χ1) is 29.5. The molecule has 0 saturated carbocycles. The van der Waals surface area contributed by atoms with Gasteiger partial charge in [-0.25, -0.2) is 0 Å². The number of allylic oxidation sites excluding steroid dienone is 1. The molecule has 0 fully saturated rings. The molecule has 10 rings (SSSR count). The molecule has 2 aliphatic carbocycles. The molecule has 0 aliphatic heterocycles. The minimum absolute atomic E-state index is 0.0372. The average Bonchev–Trinajstić information content (AvgIpc) is 3.79. The summed E-state index contributed by atoms with van der Waals surface area (Å²) in [4.78, 5) is 0. The molecule has 0 spiro atoms. The quantitative estimate of drug-likeness (QED) is 0.105. The van der Waals surface area contributed by atoms with Gasteiger partial charge in [-0.05, 0) is 0 Å². The van der Waals surface area contributed by atoms with Crippen LogP contribution in [0.4, 0.5) is 0 Å². The average molecular weight is 884 g/mol. The van der Waals surface area contributed by atoms with Crippen LogP contribution in [0.5, 0.6) is 0 Å². The third kappa shape index (κ3) is 7.09. The van der Waals surface area contributed by atoms with E-state index in [4.69, 9.17) is 0 Å². The molecule has 300 valence electrons. The van der Waals surface area contributed by atoms with Gasteiger partial charge in [0.05, 0.1) is 0 Å². The van der Waals surface area contributed by atoms with E-state index in [0.29, 0.717) is 3.63 Å². The summed E-state index contributed by atoms with van der Waals surface area (Å²) >= 11 is -1.19. The molecule has 2 aliphatic rings. The van der Waals surface area contributed by atoms with Crippen LogP contribution in [0, 0.1) is 0 Å². The van der Waals surface area contributed by atoms with E-state index in [1.165, 1.54) is 66.1 Å². The third-order valence-corrected chi connectivity index (χ3v) is 27.6. The van der Waals surface area contributed by atoms with E-state index in [1.807, 2.05) is 0 Å². The first-order valence-electron chi connectivity index (χ1n) is 22.4. The Balaban J connectivity index is 1.25. The van der Waals surface area contributed by atoms with Crippen molar-refractivity contribution in [2.75, 3.05) is 0 Å². The van der Waals surface area contributed by atoms with E-state index in [0.717, 1.165) is 12.8 Å². The number of fused-ring (bicyclic) bond motifs is 6. The summed E-state index contributed by atoms with van der Waals surface area (Å²) in [6, 6.07) is 63.7. The summed E-state index contributed by atoms with van der Waals surface area (Å²) in [6.45, 7) is 16.9. The Labute approximate surface area is 375 Å². The Bertz CT molecular complexity index is 2890. The monoisotopic (exact) mass is 882 g/mol. The fourth-order valence-corrected chi connectivity index (χ4v) is 25.4. The van der Waals surface area contributed by atoms with Gasteiger partial charge in [0, 0.05) is 0 Å². The SMILES string of the molecule is CCCC1=Cc2c(-c3c4ccccc4cc4ccccc34)cccc2C1c1c(C(C)(C)C)ccc2c1[CH]([Zr][SiH](c1ccccc1)c1ccccc1)c1cc(C(C)(C)C)ccc1-2. The van der Waals surface area contributed by atoms with E-state index in [2.05, 4.69) is 218 Å². The molecule has 0 N–H and O–H groups in total. The maximum absolute atomic E-state index is 2.65. The van der Waals surface area contributed by atoms with E-state index < -0.39 is 28.3 Å². The Hall–Kier alpha value is -4.88. The first-order valence-corrected chi connectivity index (χ1v) is 29.8. The molecule has 0 nitrogen and oxygen atoms in total. The van der Waals surface area contributed by atoms with Crippen LogP contribution in [0.1, 0.15) is 110 Å². The predicted molar refractivity (Wildman–Crippen MR) is 262 cm³/mol. The standard InChI is InChI=1S/C47H45.C12H11Si.Zr/c1-8-14-31-27-40-38(19-13-20-39(40)44-35-17-11-9-15-29(35)25-30-16-10-12-18-36(30)44)43(31)45-41-28-32-26-33(46(2,3)4)21-22-34(32)37(41)23-24-42(45)47(5,6)7;1-3-7-11(8-4-1)13-12-9-5-2-6-10-12;/h9-13,15-28,43H,8,14H2,1-7H3;1-10,13H;. The molecule has 61 heavy (non-hydrogen) atoms. The molecule has 8 aromatic carbocycles. The van der Waals surface area contributed by atoms with E-state index in [9.17, 15) is 0 Å². The van der Waals surface area contributed by atoms with Crippen molar-refractivity contribution < 1.29 is 22.4 Å². The van der Waals surface area contributed by atoms with Crippen molar-refractivity contribution in [3.05, 3.63) is 208 Å². The van der Waals surface area contributed by atoms with Crippen LogP contribution in [0.3, 0.4) is 0 Å².